The summed E-state index contributed by atoms with van der Waals surface area (Å²) in [5.74, 6) is 0.808. The lowest BCUT2D eigenvalue weighted by Gasteiger charge is -2.06. The van der Waals surface area contributed by atoms with Gasteiger partial charge < -0.3 is 4.74 Å². The largest absolute Gasteiger partial charge is 0.495 e. The van der Waals surface area contributed by atoms with E-state index in [-0.39, 0.29) is 0 Å². The maximum atomic E-state index is 5.21. The number of benzene rings is 1. The van der Waals surface area contributed by atoms with Crippen LogP contribution in [0, 0.1) is 0 Å². The summed E-state index contributed by atoms with van der Waals surface area (Å²) in [6.07, 6.45) is 7.34. The molecule has 17 heavy (non-hydrogen) atoms. The molecule has 3 rings (SSSR count). The number of ether oxygens (including phenoxy) is 1. The van der Waals surface area contributed by atoms with E-state index in [1.807, 2.05) is 12.3 Å². The van der Waals surface area contributed by atoms with Gasteiger partial charge in [0.2, 0.25) is 0 Å². The normalized spacial score (nSPS) is 13.5. The molecule has 0 spiro atoms. The predicted molar refractivity (Wildman–Crippen MR) is 68.3 cm³/mol. The molecule has 0 atom stereocenters. The Kier molecular flexibility index (Phi) is 2.56. The molecule has 1 aliphatic carbocycles. The molecular weight excluding hydrogens is 210 g/mol. The quantitative estimate of drug-likeness (QED) is 0.782. The molecular formula is C15H15NO. The molecule has 0 amide bonds. The zero-order valence-corrected chi connectivity index (χ0v) is 9.94. The van der Waals surface area contributed by atoms with Gasteiger partial charge in [0, 0.05) is 11.8 Å². The Bertz CT molecular complexity index is 548. The van der Waals surface area contributed by atoms with Gasteiger partial charge in [-0.1, -0.05) is 18.2 Å². The first-order valence-corrected chi connectivity index (χ1v) is 5.98. The SMILES string of the molecule is COc1cncc(-c2ccc3c(c2)CCC3)c1. The third-order valence-electron chi connectivity index (χ3n) is 3.38. The Morgan fingerprint density at radius 2 is 1.88 bits per heavy atom. The van der Waals surface area contributed by atoms with Crippen LogP contribution in [0.15, 0.2) is 36.7 Å². The molecule has 0 unspecified atom stereocenters. The van der Waals surface area contributed by atoms with E-state index in [0.717, 1.165) is 11.3 Å². The Morgan fingerprint density at radius 1 is 1.00 bits per heavy atom. The van der Waals surface area contributed by atoms with Crippen LogP contribution in [0.5, 0.6) is 5.75 Å². The summed E-state index contributed by atoms with van der Waals surface area (Å²) >= 11 is 0. The van der Waals surface area contributed by atoms with Gasteiger partial charge in [0.1, 0.15) is 5.75 Å². The van der Waals surface area contributed by atoms with Crippen LogP contribution >= 0.6 is 0 Å². The van der Waals surface area contributed by atoms with Crippen molar-refractivity contribution in [1.82, 2.24) is 4.98 Å². The summed E-state index contributed by atoms with van der Waals surface area (Å²) < 4.78 is 5.21. The van der Waals surface area contributed by atoms with Crippen LogP contribution in [-0.4, -0.2) is 12.1 Å². The van der Waals surface area contributed by atoms with Crippen molar-refractivity contribution in [3.63, 3.8) is 0 Å². The summed E-state index contributed by atoms with van der Waals surface area (Å²) in [6, 6.07) is 8.75. The van der Waals surface area contributed by atoms with Crippen LogP contribution in [0.25, 0.3) is 11.1 Å². The van der Waals surface area contributed by atoms with Gasteiger partial charge in [0.25, 0.3) is 0 Å². The van der Waals surface area contributed by atoms with E-state index in [0.29, 0.717) is 0 Å². The fourth-order valence-corrected chi connectivity index (χ4v) is 2.44. The Labute approximate surface area is 101 Å². The molecule has 0 radical (unpaired) electrons. The first kappa shape index (κ1) is 10.3. The Hall–Kier alpha value is -1.83. The van der Waals surface area contributed by atoms with Crippen molar-refractivity contribution in [1.29, 1.82) is 0 Å². The van der Waals surface area contributed by atoms with Crippen LogP contribution in [-0.2, 0) is 12.8 Å². The molecule has 0 aliphatic heterocycles. The van der Waals surface area contributed by atoms with E-state index in [4.69, 9.17) is 4.74 Å². The van der Waals surface area contributed by atoms with Gasteiger partial charge in [-0.25, -0.2) is 0 Å². The number of methoxy groups -OCH3 is 1. The van der Waals surface area contributed by atoms with Crippen molar-refractivity contribution in [2.45, 2.75) is 19.3 Å². The number of fused-ring (bicyclic) bond motifs is 1. The number of aromatic nitrogens is 1. The maximum absolute atomic E-state index is 5.21. The van der Waals surface area contributed by atoms with E-state index in [9.17, 15) is 0 Å². The minimum absolute atomic E-state index is 0.808. The molecule has 2 heteroatoms. The monoisotopic (exact) mass is 225 g/mol. The third-order valence-corrected chi connectivity index (χ3v) is 3.38. The molecule has 86 valence electrons. The topological polar surface area (TPSA) is 22.1 Å². The van der Waals surface area contributed by atoms with Crippen molar-refractivity contribution in [3.8, 4) is 16.9 Å². The molecule has 1 aromatic carbocycles. The van der Waals surface area contributed by atoms with Gasteiger partial charge in [-0.05, 0) is 42.0 Å². The lowest BCUT2D eigenvalue weighted by Crippen LogP contribution is -1.88. The predicted octanol–water partition coefficient (Wildman–Crippen LogP) is 3.25. The molecule has 1 aromatic heterocycles. The second-order valence-corrected chi connectivity index (χ2v) is 4.45. The maximum Gasteiger partial charge on any atom is 0.137 e. The van der Waals surface area contributed by atoms with Gasteiger partial charge in [-0.2, -0.15) is 0 Å². The van der Waals surface area contributed by atoms with Crippen LogP contribution < -0.4 is 4.74 Å². The molecule has 1 aliphatic rings. The molecule has 0 fully saturated rings. The van der Waals surface area contributed by atoms with Crippen molar-refractivity contribution < 1.29 is 4.74 Å². The van der Waals surface area contributed by atoms with Crippen LogP contribution in [0.2, 0.25) is 0 Å². The Morgan fingerprint density at radius 3 is 2.76 bits per heavy atom. The minimum atomic E-state index is 0.808. The first-order valence-electron chi connectivity index (χ1n) is 5.98. The fraction of sp³-hybridized carbons (Fsp3) is 0.267. The smallest absolute Gasteiger partial charge is 0.137 e. The third kappa shape index (κ3) is 1.91. The molecule has 0 bridgehead atoms. The van der Waals surface area contributed by atoms with Gasteiger partial charge in [-0.15, -0.1) is 0 Å². The summed E-state index contributed by atoms with van der Waals surface area (Å²) in [6.45, 7) is 0. The highest BCUT2D eigenvalue weighted by atomic mass is 16.5. The van der Waals surface area contributed by atoms with Gasteiger partial charge in [0.15, 0.2) is 0 Å². The lowest BCUT2D eigenvalue weighted by molar-refractivity contribution is 0.413. The zero-order valence-electron chi connectivity index (χ0n) is 9.94. The summed E-state index contributed by atoms with van der Waals surface area (Å²) in [4.78, 5) is 4.20. The molecule has 2 aromatic rings. The van der Waals surface area contributed by atoms with Crippen molar-refractivity contribution in [2.24, 2.45) is 0 Å². The van der Waals surface area contributed by atoms with Crippen LogP contribution in [0.4, 0.5) is 0 Å². The standard InChI is InChI=1S/C15H15NO/c1-17-15-8-14(9-16-10-15)13-6-5-11-3-2-4-12(11)7-13/h5-10H,2-4H2,1H3. The average molecular weight is 225 g/mol. The van der Waals surface area contributed by atoms with Crippen molar-refractivity contribution in [2.75, 3.05) is 7.11 Å². The van der Waals surface area contributed by atoms with Gasteiger partial charge in [-0.3, -0.25) is 4.98 Å². The highest BCUT2D eigenvalue weighted by Gasteiger charge is 2.11. The fourth-order valence-electron chi connectivity index (χ4n) is 2.44. The number of hydrogen-bond donors (Lipinski definition) is 0. The molecule has 1 heterocycles. The van der Waals surface area contributed by atoms with E-state index in [1.54, 1.807) is 13.3 Å². The number of aryl methyl sites for hydroxylation is 2. The Balaban J connectivity index is 2.03. The van der Waals surface area contributed by atoms with Crippen LogP contribution in [0.3, 0.4) is 0 Å². The highest BCUT2D eigenvalue weighted by Crippen LogP contribution is 2.28. The van der Waals surface area contributed by atoms with Crippen molar-refractivity contribution >= 4 is 0 Å². The number of nitrogens with zero attached hydrogens (tertiary/aromatic N) is 1. The highest BCUT2D eigenvalue weighted by molar-refractivity contribution is 5.65. The van der Waals surface area contributed by atoms with Gasteiger partial charge >= 0.3 is 0 Å². The molecule has 0 saturated heterocycles. The van der Waals surface area contributed by atoms with E-state index < -0.39 is 0 Å². The zero-order chi connectivity index (χ0) is 11.7. The molecule has 0 N–H and O–H groups in total. The van der Waals surface area contributed by atoms with E-state index in [2.05, 4.69) is 23.2 Å². The average Bonchev–Trinajstić information content (AvgIpc) is 2.86. The second kappa shape index (κ2) is 4.21. The summed E-state index contributed by atoms with van der Waals surface area (Å²) in [7, 11) is 1.67. The number of rotatable bonds is 2. The first-order chi connectivity index (χ1) is 8.36. The number of hydrogen-bond acceptors (Lipinski definition) is 2. The molecule has 2 nitrogen and oxygen atoms in total. The minimum Gasteiger partial charge on any atom is -0.495 e. The van der Waals surface area contributed by atoms with Gasteiger partial charge in [0.05, 0.1) is 13.3 Å². The summed E-state index contributed by atoms with van der Waals surface area (Å²) in [5.41, 5.74) is 5.35. The second-order valence-electron chi connectivity index (χ2n) is 4.45. The number of pyridine rings is 1. The summed E-state index contributed by atoms with van der Waals surface area (Å²) in [5, 5.41) is 0. The van der Waals surface area contributed by atoms with E-state index >= 15 is 0 Å². The lowest BCUT2D eigenvalue weighted by atomic mass is 10.0. The van der Waals surface area contributed by atoms with Crippen LogP contribution in [0.1, 0.15) is 17.5 Å². The van der Waals surface area contributed by atoms with E-state index in [1.165, 1.54) is 36.0 Å². The molecule has 0 saturated carbocycles. The van der Waals surface area contributed by atoms with Crippen molar-refractivity contribution in [3.05, 3.63) is 47.8 Å².